The van der Waals surface area contributed by atoms with E-state index < -0.39 is 0 Å². The van der Waals surface area contributed by atoms with Crippen molar-refractivity contribution in [3.63, 3.8) is 0 Å². The van der Waals surface area contributed by atoms with E-state index in [0.717, 1.165) is 50.9 Å². The number of nitrogens with zero attached hydrogens (tertiary/aromatic N) is 4. The summed E-state index contributed by atoms with van der Waals surface area (Å²) in [5.74, 6) is 1.51. The summed E-state index contributed by atoms with van der Waals surface area (Å²) in [6, 6.07) is 44.4. The Labute approximate surface area is 324 Å². The Kier molecular flexibility index (Phi) is 6.54. The number of benzene rings is 6. The third-order valence-corrected chi connectivity index (χ3v) is 12.6. The van der Waals surface area contributed by atoms with Gasteiger partial charge in [-0.15, -0.1) is 0 Å². The maximum Gasteiger partial charge on any atom is 0.165 e. The van der Waals surface area contributed by atoms with E-state index in [1.54, 1.807) is 0 Å². The zero-order valence-electron chi connectivity index (χ0n) is 31.3. The Morgan fingerprint density at radius 3 is 2.32 bits per heavy atom. The molecule has 3 unspecified atom stereocenters. The van der Waals surface area contributed by atoms with E-state index in [9.17, 15) is 0 Å². The summed E-state index contributed by atoms with van der Waals surface area (Å²) in [4.78, 5) is 10.9. The second kappa shape index (κ2) is 11.6. The van der Waals surface area contributed by atoms with Gasteiger partial charge in [0.15, 0.2) is 5.82 Å². The number of allylic oxidation sites excluding steroid dienone is 5. The summed E-state index contributed by atoms with van der Waals surface area (Å²) < 4.78 is 4.84. The molecule has 266 valence electrons. The fourth-order valence-electron chi connectivity index (χ4n) is 9.81. The van der Waals surface area contributed by atoms with Gasteiger partial charge in [-0.2, -0.15) is 0 Å². The van der Waals surface area contributed by atoms with E-state index in [4.69, 9.17) is 9.97 Å². The first-order valence-electron chi connectivity index (χ1n) is 19.8. The lowest BCUT2D eigenvalue weighted by Gasteiger charge is -2.36. The first kappa shape index (κ1) is 31.6. The van der Waals surface area contributed by atoms with E-state index >= 15 is 0 Å². The van der Waals surface area contributed by atoms with Crippen LogP contribution in [0.2, 0.25) is 0 Å². The van der Waals surface area contributed by atoms with Crippen LogP contribution in [0.1, 0.15) is 37.4 Å². The molecule has 3 heterocycles. The zero-order chi connectivity index (χ0) is 37.1. The fraction of sp³-hybridized carbons (Fsp3) is 0.115. The van der Waals surface area contributed by atoms with Crippen LogP contribution < -0.4 is 10.7 Å². The lowest BCUT2D eigenvalue weighted by molar-refractivity contribution is 0.482. The molecule has 4 nitrogen and oxygen atoms in total. The molecule has 12 rings (SSSR count). The summed E-state index contributed by atoms with van der Waals surface area (Å²) in [6.45, 7) is 4.61. The molecule has 6 aromatic carbocycles. The SMILES string of the molecule is CC1C=c2nc(-c3ccc4ccccc4c3)c(-n3c4ccccc4c4cc(-n5c6c(c7c8ccccc8ccc75)C5C=CC=CC5(C)C=C6)ccc43)nc2=CC1. The van der Waals surface area contributed by atoms with Gasteiger partial charge in [-0.05, 0) is 81.9 Å². The molecule has 3 aliphatic rings. The molecule has 4 heteroatoms. The third kappa shape index (κ3) is 4.47. The van der Waals surface area contributed by atoms with Crippen LogP contribution in [0.3, 0.4) is 0 Å². The Hall–Kier alpha value is -6.78. The van der Waals surface area contributed by atoms with Crippen LogP contribution in [-0.2, 0) is 0 Å². The molecular formula is C52H38N4. The van der Waals surface area contributed by atoms with Crippen LogP contribution in [0.5, 0.6) is 0 Å². The van der Waals surface area contributed by atoms with E-state index in [-0.39, 0.29) is 11.3 Å². The van der Waals surface area contributed by atoms with Crippen molar-refractivity contribution in [1.29, 1.82) is 0 Å². The Morgan fingerprint density at radius 2 is 1.41 bits per heavy atom. The molecule has 0 aliphatic heterocycles. The van der Waals surface area contributed by atoms with Crippen molar-refractivity contribution in [2.75, 3.05) is 0 Å². The minimum Gasteiger partial charge on any atom is -0.310 e. The second-order valence-corrected chi connectivity index (χ2v) is 16.1. The molecule has 0 bridgehead atoms. The van der Waals surface area contributed by atoms with Crippen LogP contribution >= 0.6 is 0 Å². The Bertz CT molecular complexity index is 3390. The highest BCUT2D eigenvalue weighted by molar-refractivity contribution is 6.13. The summed E-state index contributed by atoms with van der Waals surface area (Å²) in [5, 5.41) is 10.6. The van der Waals surface area contributed by atoms with Gasteiger partial charge < -0.3 is 4.57 Å². The van der Waals surface area contributed by atoms with Crippen LogP contribution in [0.25, 0.3) is 95.2 Å². The zero-order valence-corrected chi connectivity index (χ0v) is 31.3. The number of hydrogen-bond acceptors (Lipinski definition) is 2. The van der Waals surface area contributed by atoms with E-state index in [2.05, 4.69) is 193 Å². The van der Waals surface area contributed by atoms with E-state index in [1.807, 2.05) is 0 Å². The van der Waals surface area contributed by atoms with Gasteiger partial charge in [-0.3, -0.25) is 4.57 Å². The highest BCUT2D eigenvalue weighted by Gasteiger charge is 2.38. The number of aromatic nitrogens is 4. The van der Waals surface area contributed by atoms with Gasteiger partial charge >= 0.3 is 0 Å². The normalized spacial score (nSPS) is 19.7. The Balaban J connectivity index is 1.14. The number of para-hydroxylation sites is 1. The first-order chi connectivity index (χ1) is 27.5. The van der Waals surface area contributed by atoms with E-state index in [0.29, 0.717) is 5.92 Å². The van der Waals surface area contributed by atoms with Gasteiger partial charge in [0.05, 0.1) is 32.9 Å². The van der Waals surface area contributed by atoms with E-state index in [1.165, 1.54) is 54.5 Å². The molecule has 9 aromatic rings. The van der Waals surface area contributed by atoms with Crippen molar-refractivity contribution >= 4 is 72.5 Å². The molecule has 0 N–H and O–H groups in total. The van der Waals surface area contributed by atoms with Gasteiger partial charge in [0.1, 0.15) is 5.69 Å². The average Bonchev–Trinajstić information content (AvgIpc) is 3.75. The van der Waals surface area contributed by atoms with Crippen LogP contribution in [-0.4, -0.2) is 19.1 Å². The fourth-order valence-corrected chi connectivity index (χ4v) is 9.81. The molecule has 3 aromatic heterocycles. The smallest absolute Gasteiger partial charge is 0.165 e. The monoisotopic (exact) mass is 718 g/mol. The number of fused-ring (bicyclic) bond motifs is 12. The van der Waals surface area contributed by atoms with Gasteiger partial charge in [0.25, 0.3) is 0 Å². The predicted molar refractivity (Wildman–Crippen MR) is 234 cm³/mol. The standard InChI is InChI=1S/C52H38N4/c1-32-18-23-42-43(29-32)53-50(36-20-19-33-11-3-4-13-35(33)30-36)51(54-42)56-44-17-8-7-15-39(44)40-31-37(22-25-45(40)56)55-46-24-21-34-12-5-6-14-38(34)48(46)49-41-16-9-10-27-52(41,2)28-26-47(49)55/h3-17,19-32,41H,18H2,1-2H3. The summed E-state index contributed by atoms with van der Waals surface area (Å²) >= 11 is 0. The highest BCUT2D eigenvalue weighted by Crippen LogP contribution is 2.52. The molecule has 56 heavy (non-hydrogen) atoms. The molecule has 0 saturated carbocycles. The highest BCUT2D eigenvalue weighted by atomic mass is 15.1. The first-order valence-corrected chi connectivity index (χ1v) is 19.8. The van der Waals surface area contributed by atoms with Gasteiger partial charge in [-0.1, -0.05) is 141 Å². The molecule has 0 radical (unpaired) electrons. The van der Waals surface area contributed by atoms with Crippen molar-refractivity contribution in [1.82, 2.24) is 19.1 Å². The molecule has 0 spiro atoms. The minimum absolute atomic E-state index is 0.0823. The second-order valence-electron chi connectivity index (χ2n) is 16.1. The lowest BCUT2D eigenvalue weighted by Crippen LogP contribution is -2.36. The molecular weight excluding hydrogens is 681 g/mol. The van der Waals surface area contributed by atoms with Crippen molar-refractivity contribution in [2.45, 2.75) is 26.2 Å². The van der Waals surface area contributed by atoms with Crippen molar-refractivity contribution in [2.24, 2.45) is 11.3 Å². The van der Waals surface area contributed by atoms with Gasteiger partial charge in [0.2, 0.25) is 0 Å². The summed E-state index contributed by atoms with van der Waals surface area (Å²) in [5.41, 5.74) is 9.12. The third-order valence-electron chi connectivity index (χ3n) is 12.6. The van der Waals surface area contributed by atoms with Crippen LogP contribution in [0.4, 0.5) is 0 Å². The maximum absolute atomic E-state index is 5.48. The van der Waals surface area contributed by atoms with Crippen molar-refractivity contribution in [3.05, 3.63) is 174 Å². The number of hydrogen-bond donors (Lipinski definition) is 0. The van der Waals surface area contributed by atoms with Crippen LogP contribution in [0.15, 0.2) is 152 Å². The topological polar surface area (TPSA) is 35.6 Å². The quantitative estimate of drug-likeness (QED) is 0.182. The van der Waals surface area contributed by atoms with Crippen molar-refractivity contribution < 1.29 is 0 Å². The summed E-state index contributed by atoms with van der Waals surface area (Å²) in [7, 11) is 0. The average molecular weight is 719 g/mol. The van der Waals surface area contributed by atoms with Gasteiger partial charge in [0, 0.05) is 38.7 Å². The minimum atomic E-state index is -0.0823. The van der Waals surface area contributed by atoms with Crippen molar-refractivity contribution in [3.8, 4) is 22.8 Å². The van der Waals surface area contributed by atoms with Gasteiger partial charge in [-0.25, -0.2) is 9.97 Å². The molecule has 0 amide bonds. The number of rotatable bonds is 3. The Morgan fingerprint density at radius 1 is 0.643 bits per heavy atom. The maximum atomic E-state index is 5.48. The largest absolute Gasteiger partial charge is 0.310 e. The molecule has 0 fully saturated rings. The molecule has 3 atom stereocenters. The molecule has 3 aliphatic carbocycles. The van der Waals surface area contributed by atoms with Crippen LogP contribution in [0, 0.1) is 11.3 Å². The molecule has 0 saturated heterocycles. The lowest BCUT2D eigenvalue weighted by atomic mass is 9.67. The predicted octanol–water partition coefficient (Wildman–Crippen LogP) is 11.3. The summed E-state index contributed by atoms with van der Waals surface area (Å²) in [6.07, 6.45) is 19.4.